The van der Waals surface area contributed by atoms with Crippen LogP contribution < -0.4 is 6.15 Å². The van der Waals surface area contributed by atoms with Crippen LogP contribution in [0.3, 0.4) is 0 Å². The molecule has 0 aliphatic carbocycles. The highest BCUT2D eigenvalue weighted by Crippen LogP contribution is 2.08. The van der Waals surface area contributed by atoms with Gasteiger partial charge in [-0.2, -0.15) is 0 Å². The van der Waals surface area contributed by atoms with E-state index in [2.05, 4.69) is 9.47 Å². The molecule has 0 aliphatic rings. The molecule has 0 rings (SSSR count). The molecule has 0 aromatic carbocycles. The van der Waals surface area contributed by atoms with E-state index in [0.717, 1.165) is 48.5 Å². The summed E-state index contributed by atoms with van der Waals surface area (Å²) in [6.07, 6.45) is -10.5. The van der Waals surface area contributed by atoms with Gasteiger partial charge in [0.25, 0.3) is 0 Å². The highest BCUT2D eigenvalue weighted by Gasteiger charge is 2.32. The zero-order chi connectivity index (χ0) is 28.3. The van der Waals surface area contributed by atoms with Gasteiger partial charge >= 0.3 is 41.8 Å². The van der Waals surface area contributed by atoms with Gasteiger partial charge in [-0.1, -0.05) is 0 Å². The fraction of sp³-hybridized carbons (Fsp3) is 0.667. The molecule has 0 bridgehead atoms. The van der Waals surface area contributed by atoms with Crippen molar-refractivity contribution in [2.45, 2.75) is 91.2 Å². The standard InChI is InChI=1S/C21H30O15.H3N/c1-8(22)16(25)32-10(3)18(27)34-12(5)20(29)36-14(7)21(30)35-13(6)19(28)33-11(4)17(26)31-9(2)15(23)24;/h8-14,22H,1-7H3,(H,23,24);1H3. The molecule has 37 heavy (non-hydrogen) atoms. The van der Waals surface area contributed by atoms with Crippen LogP contribution in [0.5, 0.6) is 0 Å². The summed E-state index contributed by atoms with van der Waals surface area (Å²) < 4.78 is 28.4. The van der Waals surface area contributed by atoms with Crippen LogP contribution in [-0.2, 0) is 62.0 Å². The minimum Gasteiger partial charge on any atom is -0.479 e. The molecular weight excluding hydrogens is 506 g/mol. The topological polar surface area (TPSA) is 250 Å². The zero-order valence-electron chi connectivity index (χ0n) is 21.5. The predicted octanol–water partition coefficient (Wildman–Crippen LogP) is -0.796. The number of aliphatic hydroxyl groups excluding tert-OH is 1. The number of hydrogen-bond donors (Lipinski definition) is 3. The molecule has 16 nitrogen and oxygen atoms in total. The Balaban J connectivity index is 0. The Morgan fingerprint density at radius 2 is 0.622 bits per heavy atom. The summed E-state index contributed by atoms with van der Waals surface area (Å²) in [5.41, 5.74) is 0. The lowest BCUT2D eigenvalue weighted by atomic mass is 10.3. The number of carbonyl (C=O) groups excluding carboxylic acids is 6. The maximum atomic E-state index is 12.1. The summed E-state index contributed by atoms with van der Waals surface area (Å²) in [4.78, 5) is 81.9. The molecule has 0 fully saturated rings. The smallest absolute Gasteiger partial charge is 0.347 e. The average Bonchev–Trinajstić information content (AvgIpc) is 2.77. The first-order chi connectivity index (χ1) is 16.5. The van der Waals surface area contributed by atoms with Crippen LogP contribution in [0.4, 0.5) is 0 Å². The summed E-state index contributed by atoms with van der Waals surface area (Å²) in [6, 6.07) is 0. The lowest BCUT2D eigenvalue weighted by Gasteiger charge is -2.20. The highest BCUT2D eigenvalue weighted by molar-refractivity contribution is 5.87. The van der Waals surface area contributed by atoms with E-state index >= 15 is 0 Å². The van der Waals surface area contributed by atoms with Crippen LogP contribution in [-0.4, -0.2) is 94.7 Å². The van der Waals surface area contributed by atoms with Crippen LogP contribution in [0.15, 0.2) is 0 Å². The molecule has 7 atom stereocenters. The SMILES string of the molecule is CC(O)C(=O)OC(C)C(=O)OC(C)C(=O)OC(C)C(=O)OC(C)C(=O)OC(C)C(=O)OC(C)C(=O)O.N. The molecule has 0 aromatic heterocycles. The van der Waals surface area contributed by atoms with Crippen molar-refractivity contribution in [1.29, 1.82) is 0 Å². The second-order valence-electron chi connectivity index (χ2n) is 7.49. The number of ether oxygens (including phenoxy) is 6. The van der Waals surface area contributed by atoms with Crippen molar-refractivity contribution < 1.29 is 72.2 Å². The Hall–Kier alpha value is -3.79. The van der Waals surface area contributed by atoms with Gasteiger partial charge in [-0.25, -0.2) is 33.6 Å². The van der Waals surface area contributed by atoms with Gasteiger partial charge in [-0.05, 0) is 48.5 Å². The third kappa shape index (κ3) is 12.6. The van der Waals surface area contributed by atoms with Gasteiger partial charge in [0.15, 0.2) is 36.6 Å². The van der Waals surface area contributed by atoms with E-state index < -0.39 is 84.5 Å². The minimum atomic E-state index is -1.56. The summed E-state index contributed by atoms with van der Waals surface area (Å²) in [5.74, 6) is -8.27. The molecule has 0 aliphatic heterocycles. The molecule has 0 saturated carbocycles. The Morgan fingerprint density at radius 1 is 0.432 bits per heavy atom. The van der Waals surface area contributed by atoms with Crippen LogP contribution in [0, 0.1) is 0 Å². The van der Waals surface area contributed by atoms with Crippen molar-refractivity contribution >= 4 is 41.8 Å². The zero-order valence-corrected chi connectivity index (χ0v) is 21.5. The minimum absolute atomic E-state index is 0. The number of rotatable bonds is 13. The monoisotopic (exact) mass is 539 g/mol. The first-order valence-electron chi connectivity index (χ1n) is 10.6. The van der Waals surface area contributed by atoms with E-state index in [-0.39, 0.29) is 6.15 Å². The van der Waals surface area contributed by atoms with Crippen molar-refractivity contribution in [1.82, 2.24) is 6.15 Å². The van der Waals surface area contributed by atoms with E-state index in [4.69, 9.17) is 29.2 Å². The van der Waals surface area contributed by atoms with Gasteiger partial charge in [-0.3, -0.25) is 0 Å². The Bertz CT molecular complexity index is 855. The van der Waals surface area contributed by atoms with Gasteiger partial charge in [0.05, 0.1) is 0 Å². The van der Waals surface area contributed by atoms with E-state index in [0.29, 0.717) is 0 Å². The third-order valence-corrected chi connectivity index (χ3v) is 4.11. The van der Waals surface area contributed by atoms with E-state index in [1.807, 2.05) is 0 Å². The van der Waals surface area contributed by atoms with Crippen molar-refractivity contribution in [3.05, 3.63) is 0 Å². The molecule has 0 saturated heterocycles. The maximum Gasteiger partial charge on any atom is 0.347 e. The van der Waals surface area contributed by atoms with Crippen molar-refractivity contribution in [2.75, 3.05) is 0 Å². The fourth-order valence-corrected chi connectivity index (χ4v) is 1.91. The fourth-order valence-electron chi connectivity index (χ4n) is 1.91. The summed E-state index contributed by atoms with van der Waals surface area (Å²) in [6.45, 7) is 7.81. The first kappa shape index (κ1) is 35.4. The first-order valence-corrected chi connectivity index (χ1v) is 10.6. The van der Waals surface area contributed by atoms with Crippen molar-refractivity contribution in [3.63, 3.8) is 0 Å². The number of carboxylic acid groups (broad SMARTS) is 1. The maximum absolute atomic E-state index is 12.1. The summed E-state index contributed by atoms with van der Waals surface area (Å²) in [7, 11) is 0. The lowest BCUT2D eigenvalue weighted by Crippen LogP contribution is -2.39. The van der Waals surface area contributed by atoms with Gasteiger partial charge < -0.3 is 44.8 Å². The molecule has 16 heteroatoms. The predicted molar refractivity (Wildman–Crippen MR) is 118 cm³/mol. The molecule has 0 heterocycles. The molecule has 0 spiro atoms. The Morgan fingerprint density at radius 3 is 0.811 bits per heavy atom. The van der Waals surface area contributed by atoms with Crippen LogP contribution in [0.25, 0.3) is 0 Å². The largest absolute Gasteiger partial charge is 0.479 e. The second-order valence-corrected chi connectivity index (χ2v) is 7.49. The Kier molecular flexibility index (Phi) is 15.3. The van der Waals surface area contributed by atoms with E-state index in [1.165, 1.54) is 0 Å². The number of hydrogen-bond acceptors (Lipinski definition) is 15. The number of aliphatic carboxylic acids is 1. The lowest BCUT2D eigenvalue weighted by molar-refractivity contribution is -0.188. The molecular formula is C21H33NO15. The molecule has 0 aromatic rings. The third-order valence-electron chi connectivity index (χ3n) is 4.11. The van der Waals surface area contributed by atoms with Gasteiger partial charge in [0.1, 0.15) is 6.10 Å². The molecule has 0 radical (unpaired) electrons. The van der Waals surface area contributed by atoms with Crippen LogP contribution in [0.1, 0.15) is 48.5 Å². The number of esters is 6. The van der Waals surface area contributed by atoms with Gasteiger partial charge in [-0.15, -0.1) is 0 Å². The number of carbonyl (C=O) groups is 7. The van der Waals surface area contributed by atoms with Gasteiger partial charge in [0.2, 0.25) is 0 Å². The quantitative estimate of drug-likeness (QED) is 0.191. The van der Waals surface area contributed by atoms with E-state index in [9.17, 15) is 33.6 Å². The molecule has 0 amide bonds. The second kappa shape index (κ2) is 16.1. The normalized spacial score (nSPS) is 16.0. The van der Waals surface area contributed by atoms with Crippen LogP contribution in [0.2, 0.25) is 0 Å². The van der Waals surface area contributed by atoms with Crippen LogP contribution >= 0.6 is 0 Å². The van der Waals surface area contributed by atoms with Gasteiger partial charge in [0, 0.05) is 0 Å². The van der Waals surface area contributed by atoms with Crippen molar-refractivity contribution in [2.24, 2.45) is 0 Å². The average molecular weight is 539 g/mol. The molecule has 212 valence electrons. The number of carboxylic acids is 1. The summed E-state index contributed by atoms with van der Waals surface area (Å²) in [5, 5.41) is 17.8. The summed E-state index contributed by atoms with van der Waals surface area (Å²) >= 11 is 0. The molecule has 5 N–H and O–H groups in total. The Labute approximate surface area is 212 Å². The highest BCUT2D eigenvalue weighted by atomic mass is 16.6. The van der Waals surface area contributed by atoms with E-state index in [1.54, 1.807) is 0 Å². The van der Waals surface area contributed by atoms with Crippen molar-refractivity contribution in [3.8, 4) is 0 Å². The number of aliphatic hydroxyl groups is 1. The molecule has 7 unspecified atom stereocenters.